The van der Waals surface area contributed by atoms with E-state index in [1.54, 1.807) is 16.8 Å². The third kappa shape index (κ3) is 4.33. The molecule has 6 nitrogen and oxygen atoms in total. The molecule has 2 heterocycles. The van der Waals surface area contributed by atoms with Crippen LogP contribution < -0.4 is 0 Å². The highest BCUT2D eigenvalue weighted by Gasteiger charge is 2.19. The fraction of sp³-hybridized carbons (Fsp3) is 0.217. The standard InChI is InChI=1S/C23H21Cl2N5OS/c1-13-5-8-21(14(2)9-13)30-23(26-27-28-30)32-12-22(31)18-10-15(3)29(16(18)4)17-6-7-19(24)20(25)11-17/h5-11H,12H2,1-4H3. The summed E-state index contributed by atoms with van der Waals surface area (Å²) in [7, 11) is 0. The van der Waals surface area contributed by atoms with Gasteiger partial charge in [-0.05, 0) is 74.0 Å². The van der Waals surface area contributed by atoms with E-state index in [0.717, 1.165) is 28.3 Å². The van der Waals surface area contributed by atoms with Crippen LogP contribution in [0.2, 0.25) is 10.0 Å². The Labute approximate surface area is 200 Å². The van der Waals surface area contributed by atoms with Crippen molar-refractivity contribution < 1.29 is 4.79 Å². The molecule has 32 heavy (non-hydrogen) atoms. The van der Waals surface area contributed by atoms with Crippen LogP contribution in [0.3, 0.4) is 0 Å². The van der Waals surface area contributed by atoms with E-state index < -0.39 is 0 Å². The Kier molecular flexibility index (Phi) is 6.42. The zero-order valence-corrected chi connectivity index (χ0v) is 20.4. The monoisotopic (exact) mass is 485 g/mol. The van der Waals surface area contributed by atoms with Gasteiger partial charge in [-0.2, -0.15) is 4.68 Å². The third-order valence-corrected chi connectivity index (χ3v) is 6.91. The predicted octanol–water partition coefficient (Wildman–Crippen LogP) is 5.97. The van der Waals surface area contributed by atoms with E-state index in [1.807, 2.05) is 56.5 Å². The molecule has 0 fully saturated rings. The number of Topliss-reactive ketones (excluding diaryl/α,β-unsaturated/α-hetero) is 1. The molecular formula is C23H21Cl2N5OS. The highest BCUT2D eigenvalue weighted by atomic mass is 35.5. The van der Waals surface area contributed by atoms with Crippen molar-refractivity contribution in [1.82, 2.24) is 24.8 Å². The first-order valence-corrected chi connectivity index (χ1v) is 11.7. The van der Waals surface area contributed by atoms with E-state index in [4.69, 9.17) is 23.2 Å². The van der Waals surface area contributed by atoms with Gasteiger partial charge in [0.1, 0.15) is 0 Å². The van der Waals surface area contributed by atoms with Crippen molar-refractivity contribution in [2.24, 2.45) is 0 Å². The molecule has 2 aromatic heterocycles. The van der Waals surface area contributed by atoms with Gasteiger partial charge in [0.2, 0.25) is 5.16 Å². The Bertz CT molecular complexity index is 1330. The number of halogens is 2. The second kappa shape index (κ2) is 9.10. The van der Waals surface area contributed by atoms with E-state index in [2.05, 4.69) is 21.6 Å². The number of tetrazole rings is 1. The molecule has 0 spiro atoms. The van der Waals surface area contributed by atoms with Gasteiger partial charge in [0, 0.05) is 22.6 Å². The summed E-state index contributed by atoms with van der Waals surface area (Å²) in [6, 6.07) is 13.4. The molecule has 9 heteroatoms. The van der Waals surface area contributed by atoms with Crippen LogP contribution in [0.15, 0.2) is 47.6 Å². The Morgan fingerprint density at radius 3 is 2.50 bits per heavy atom. The Balaban J connectivity index is 1.56. The molecule has 0 bridgehead atoms. The zero-order valence-electron chi connectivity index (χ0n) is 18.1. The van der Waals surface area contributed by atoms with E-state index >= 15 is 0 Å². The summed E-state index contributed by atoms with van der Waals surface area (Å²) < 4.78 is 3.67. The number of benzene rings is 2. The van der Waals surface area contributed by atoms with Crippen LogP contribution >= 0.6 is 35.0 Å². The number of aromatic nitrogens is 5. The second-order valence-corrected chi connectivity index (χ2v) is 9.35. The maximum atomic E-state index is 13.1. The molecule has 4 rings (SSSR count). The van der Waals surface area contributed by atoms with E-state index in [9.17, 15) is 4.79 Å². The summed E-state index contributed by atoms with van der Waals surface area (Å²) in [6.07, 6.45) is 0. The molecule has 0 saturated carbocycles. The average molecular weight is 486 g/mol. The van der Waals surface area contributed by atoms with Crippen LogP contribution in [-0.4, -0.2) is 36.3 Å². The summed E-state index contributed by atoms with van der Waals surface area (Å²) in [5, 5.41) is 13.6. The molecule has 0 aliphatic rings. The van der Waals surface area contributed by atoms with Crippen LogP contribution in [0.1, 0.15) is 32.9 Å². The van der Waals surface area contributed by atoms with Crippen molar-refractivity contribution in [3.05, 3.63) is 80.6 Å². The zero-order chi connectivity index (χ0) is 23.0. The summed E-state index contributed by atoms with van der Waals surface area (Å²) in [5.41, 5.74) is 6.44. The molecular weight excluding hydrogens is 465 g/mol. The van der Waals surface area contributed by atoms with Gasteiger partial charge >= 0.3 is 0 Å². The van der Waals surface area contributed by atoms with E-state index in [-0.39, 0.29) is 11.5 Å². The summed E-state index contributed by atoms with van der Waals surface area (Å²) >= 11 is 13.6. The van der Waals surface area contributed by atoms with Gasteiger partial charge in [-0.25, -0.2) is 0 Å². The number of ketones is 1. The van der Waals surface area contributed by atoms with Crippen LogP contribution in [-0.2, 0) is 0 Å². The van der Waals surface area contributed by atoms with Crippen molar-refractivity contribution in [3.63, 3.8) is 0 Å². The Hall–Kier alpha value is -2.61. The van der Waals surface area contributed by atoms with Crippen LogP contribution in [0.4, 0.5) is 0 Å². The third-order valence-electron chi connectivity index (χ3n) is 5.25. The molecule has 0 aliphatic heterocycles. The number of nitrogens with zero attached hydrogens (tertiary/aromatic N) is 5. The SMILES string of the molecule is Cc1ccc(-n2nnnc2SCC(=O)c2cc(C)n(-c3ccc(Cl)c(Cl)c3)c2C)c(C)c1. The molecule has 2 aromatic carbocycles. The summed E-state index contributed by atoms with van der Waals surface area (Å²) in [6.45, 7) is 7.94. The molecule has 0 N–H and O–H groups in total. The van der Waals surface area contributed by atoms with Crippen molar-refractivity contribution in [2.75, 3.05) is 5.75 Å². The first-order valence-electron chi connectivity index (χ1n) is 9.92. The maximum Gasteiger partial charge on any atom is 0.214 e. The molecule has 0 amide bonds. The Morgan fingerprint density at radius 2 is 1.78 bits per heavy atom. The molecule has 0 saturated heterocycles. The first kappa shape index (κ1) is 22.6. The number of hydrogen-bond donors (Lipinski definition) is 0. The van der Waals surface area contributed by atoms with Gasteiger partial charge < -0.3 is 4.57 Å². The summed E-state index contributed by atoms with van der Waals surface area (Å²) in [4.78, 5) is 13.1. The van der Waals surface area contributed by atoms with Gasteiger partial charge in [0.15, 0.2) is 5.78 Å². The molecule has 164 valence electrons. The minimum absolute atomic E-state index is 0.00425. The van der Waals surface area contributed by atoms with Crippen LogP contribution in [0.25, 0.3) is 11.4 Å². The lowest BCUT2D eigenvalue weighted by molar-refractivity contribution is 0.102. The Morgan fingerprint density at radius 1 is 1.00 bits per heavy atom. The average Bonchev–Trinajstić information content (AvgIpc) is 3.32. The number of carbonyl (C=O) groups excluding carboxylic acids is 1. The highest BCUT2D eigenvalue weighted by Crippen LogP contribution is 2.29. The maximum absolute atomic E-state index is 13.1. The normalized spacial score (nSPS) is 11.2. The number of aryl methyl sites for hydroxylation is 3. The van der Waals surface area contributed by atoms with Crippen molar-refractivity contribution in [2.45, 2.75) is 32.9 Å². The molecule has 0 aliphatic carbocycles. The lowest BCUT2D eigenvalue weighted by atomic mass is 10.1. The van der Waals surface area contributed by atoms with Gasteiger partial charge in [-0.3, -0.25) is 4.79 Å². The van der Waals surface area contributed by atoms with Crippen molar-refractivity contribution in [1.29, 1.82) is 0 Å². The van der Waals surface area contributed by atoms with Crippen LogP contribution in [0, 0.1) is 27.7 Å². The van der Waals surface area contributed by atoms with Gasteiger partial charge in [-0.15, -0.1) is 5.10 Å². The minimum atomic E-state index is 0.00425. The van der Waals surface area contributed by atoms with Crippen molar-refractivity contribution in [3.8, 4) is 11.4 Å². The molecule has 0 unspecified atom stereocenters. The van der Waals surface area contributed by atoms with Crippen LogP contribution in [0.5, 0.6) is 0 Å². The number of thioether (sulfide) groups is 1. The summed E-state index contributed by atoms with van der Waals surface area (Å²) in [5.74, 6) is 0.223. The molecule has 0 radical (unpaired) electrons. The predicted molar refractivity (Wildman–Crippen MR) is 129 cm³/mol. The minimum Gasteiger partial charge on any atom is -0.318 e. The number of hydrogen-bond acceptors (Lipinski definition) is 5. The molecule has 0 atom stereocenters. The lowest BCUT2D eigenvalue weighted by Crippen LogP contribution is -2.07. The number of rotatable bonds is 6. The molecule has 4 aromatic rings. The van der Waals surface area contributed by atoms with Gasteiger partial charge in [0.05, 0.1) is 21.5 Å². The van der Waals surface area contributed by atoms with Gasteiger partial charge in [-0.1, -0.05) is 52.7 Å². The topological polar surface area (TPSA) is 65.6 Å². The smallest absolute Gasteiger partial charge is 0.214 e. The largest absolute Gasteiger partial charge is 0.318 e. The van der Waals surface area contributed by atoms with Crippen molar-refractivity contribution >= 4 is 40.7 Å². The fourth-order valence-electron chi connectivity index (χ4n) is 3.74. The van der Waals surface area contributed by atoms with E-state index in [1.165, 1.54) is 17.3 Å². The second-order valence-electron chi connectivity index (χ2n) is 7.59. The highest BCUT2D eigenvalue weighted by molar-refractivity contribution is 7.99. The van der Waals surface area contributed by atoms with Gasteiger partial charge in [0.25, 0.3) is 0 Å². The lowest BCUT2D eigenvalue weighted by Gasteiger charge is -2.11. The first-order chi connectivity index (χ1) is 15.3. The quantitative estimate of drug-likeness (QED) is 0.248. The fourth-order valence-corrected chi connectivity index (χ4v) is 4.80. The van der Waals surface area contributed by atoms with E-state index in [0.29, 0.717) is 20.8 Å². The number of carbonyl (C=O) groups is 1.